The van der Waals surface area contributed by atoms with Crippen molar-refractivity contribution in [3.05, 3.63) is 64.7 Å². The minimum Gasteiger partial charge on any atom is -0.387 e. The summed E-state index contributed by atoms with van der Waals surface area (Å²) in [6.45, 7) is 1.20. The zero-order chi connectivity index (χ0) is 20.9. The highest BCUT2D eigenvalue weighted by Gasteiger charge is 2.25. The van der Waals surface area contributed by atoms with Gasteiger partial charge >= 0.3 is 0 Å². The Morgan fingerprint density at radius 3 is 2.28 bits per heavy atom. The van der Waals surface area contributed by atoms with Gasteiger partial charge in [0, 0.05) is 24.7 Å². The zero-order valence-electron chi connectivity index (χ0n) is 16.1. The van der Waals surface area contributed by atoms with E-state index in [1.807, 2.05) is 0 Å². The molecule has 3 rings (SSSR count). The van der Waals surface area contributed by atoms with Crippen molar-refractivity contribution in [3.8, 4) is 0 Å². The summed E-state index contributed by atoms with van der Waals surface area (Å²) in [5.41, 5.74) is 1.38. The lowest BCUT2D eigenvalue weighted by Crippen LogP contribution is -2.35. The van der Waals surface area contributed by atoms with Gasteiger partial charge in [-0.15, -0.1) is 0 Å². The number of hydrogen-bond acceptors (Lipinski definition) is 4. The second-order valence-electron chi connectivity index (χ2n) is 7.16. The van der Waals surface area contributed by atoms with E-state index in [1.165, 1.54) is 4.31 Å². The van der Waals surface area contributed by atoms with Crippen LogP contribution in [0.5, 0.6) is 0 Å². The molecule has 1 fully saturated rings. The third-order valence-corrected chi connectivity index (χ3v) is 7.15. The van der Waals surface area contributed by atoms with E-state index in [2.05, 4.69) is 5.32 Å². The number of piperidine rings is 1. The van der Waals surface area contributed by atoms with Crippen LogP contribution in [0, 0.1) is 0 Å². The summed E-state index contributed by atoms with van der Waals surface area (Å²) in [4.78, 5) is 12.4. The van der Waals surface area contributed by atoms with Crippen molar-refractivity contribution < 1.29 is 18.3 Å². The lowest BCUT2D eigenvalue weighted by atomic mass is 10.1. The Balaban J connectivity index is 1.53. The number of aliphatic hydroxyl groups excluding tert-OH is 1. The third kappa shape index (κ3) is 5.79. The molecule has 1 saturated heterocycles. The van der Waals surface area contributed by atoms with Gasteiger partial charge in [-0.1, -0.05) is 42.3 Å². The Labute approximate surface area is 176 Å². The van der Waals surface area contributed by atoms with Crippen LogP contribution in [0.2, 0.25) is 5.02 Å². The molecule has 29 heavy (non-hydrogen) atoms. The smallest absolute Gasteiger partial charge is 0.243 e. The molecule has 0 saturated carbocycles. The molecular formula is C21H25ClN2O4S. The zero-order valence-corrected chi connectivity index (χ0v) is 17.6. The largest absolute Gasteiger partial charge is 0.387 e. The Kier molecular flexibility index (Phi) is 7.29. The Hall–Kier alpha value is -1.93. The van der Waals surface area contributed by atoms with Crippen LogP contribution in [0.25, 0.3) is 0 Å². The van der Waals surface area contributed by atoms with Gasteiger partial charge in [-0.2, -0.15) is 4.31 Å². The summed E-state index contributed by atoms with van der Waals surface area (Å²) in [6, 6.07) is 13.2. The predicted molar refractivity (Wildman–Crippen MR) is 112 cm³/mol. The topological polar surface area (TPSA) is 86.7 Å². The molecular weight excluding hydrogens is 412 g/mol. The standard InChI is InChI=1S/C21H25ClN2O4S/c22-18-8-6-17(7-9-18)20(25)15-23-21(26)14-16-4-10-19(11-5-16)29(27,28)24-12-2-1-3-13-24/h4-11,20,25H,1-3,12-15H2,(H,23,26). The molecule has 0 bridgehead atoms. The lowest BCUT2D eigenvalue weighted by Gasteiger charge is -2.25. The van der Waals surface area contributed by atoms with Gasteiger partial charge in [0.25, 0.3) is 0 Å². The first-order valence-electron chi connectivity index (χ1n) is 9.65. The summed E-state index contributed by atoms with van der Waals surface area (Å²) >= 11 is 5.83. The van der Waals surface area contributed by atoms with Gasteiger partial charge in [0.2, 0.25) is 15.9 Å². The quantitative estimate of drug-likeness (QED) is 0.698. The van der Waals surface area contributed by atoms with E-state index in [1.54, 1.807) is 48.5 Å². The summed E-state index contributed by atoms with van der Waals surface area (Å²) < 4.78 is 26.9. The van der Waals surface area contributed by atoms with Crippen molar-refractivity contribution >= 4 is 27.5 Å². The van der Waals surface area contributed by atoms with Crippen LogP contribution in [-0.4, -0.2) is 43.4 Å². The van der Waals surface area contributed by atoms with E-state index in [4.69, 9.17) is 11.6 Å². The molecule has 1 atom stereocenters. The maximum atomic E-state index is 12.7. The molecule has 0 radical (unpaired) electrons. The number of sulfonamides is 1. The van der Waals surface area contributed by atoms with E-state index in [0.29, 0.717) is 29.2 Å². The summed E-state index contributed by atoms with van der Waals surface area (Å²) in [5.74, 6) is -0.246. The second kappa shape index (κ2) is 9.71. The number of carbonyl (C=O) groups excluding carboxylic acids is 1. The number of benzene rings is 2. The first-order valence-corrected chi connectivity index (χ1v) is 11.5. The number of carbonyl (C=O) groups is 1. The minimum atomic E-state index is -3.47. The number of aliphatic hydroxyl groups is 1. The molecule has 1 aliphatic rings. The molecule has 0 spiro atoms. The maximum absolute atomic E-state index is 12.7. The fraction of sp³-hybridized carbons (Fsp3) is 0.381. The summed E-state index contributed by atoms with van der Waals surface area (Å²) in [6.07, 6.45) is 2.12. The second-order valence-corrected chi connectivity index (χ2v) is 9.53. The van der Waals surface area contributed by atoms with Crippen LogP contribution in [0.15, 0.2) is 53.4 Å². The summed E-state index contributed by atoms with van der Waals surface area (Å²) in [7, 11) is -3.47. The monoisotopic (exact) mass is 436 g/mol. The summed E-state index contributed by atoms with van der Waals surface area (Å²) in [5, 5.41) is 13.4. The van der Waals surface area contributed by atoms with E-state index >= 15 is 0 Å². The van der Waals surface area contributed by atoms with Crippen molar-refractivity contribution in [2.45, 2.75) is 36.7 Å². The molecule has 0 aliphatic carbocycles. The molecule has 2 N–H and O–H groups in total. The van der Waals surface area contributed by atoms with Crippen LogP contribution in [0.3, 0.4) is 0 Å². The van der Waals surface area contributed by atoms with E-state index in [-0.39, 0.29) is 23.8 Å². The molecule has 156 valence electrons. The molecule has 8 heteroatoms. The van der Waals surface area contributed by atoms with E-state index in [0.717, 1.165) is 19.3 Å². The molecule has 1 aliphatic heterocycles. The third-order valence-electron chi connectivity index (χ3n) is 4.99. The molecule has 2 aromatic rings. The first kappa shape index (κ1) is 21.8. The van der Waals surface area contributed by atoms with Crippen molar-refractivity contribution in [2.75, 3.05) is 19.6 Å². The SMILES string of the molecule is O=C(Cc1ccc(S(=O)(=O)N2CCCCC2)cc1)NCC(O)c1ccc(Cl)cc1. The van der Waals surface area contributed by atoms with E-state index in [9.17, 15) is 18.3 Å². The molecule has 1 heterocycles. The molecule has 6 nitrogen and oxygen atoms in total. The van der Waals surface area contributed by atoms with Gasteiger partial charge in [0.15, 0.2) is 0 Å². The molecule has 1 amide bonds. The average Bonchev–Trinajstić information content (AvgIpc) is 2.73. The minimum absolute atomic E-state index is 0.0852. The first-order chi connectivity index (χ1) is 13.9. The van der Waals surface area contributed by atoms with Crippen molar-refractivity contribution in [2.24, 2.45) is 0 Å². The number of rotatable bonds is 7. The van der Waals surface area contributed by atoms with Gasteiger partial charge in [-0.25, -0.2) is 8.42 Å². The predicted octanol–water partition coefficient (Wildman–Crippen LogP) is 2.91. The van der Waals surface area contributed by atoms with Gasteiger partial charge in [-0.3, -0.25) is 4.79 Å². The number of amides is 1. The fourth-order valence-electron chi connectivity index (χ4n) is 3.29. The van der Waals surface area contributed by atoms with Gasteiger partial charge in [0.05, 0.1) is 17.4 Å². The van der Waals surface area contributed by atoms with Crippen molar-refractivity contribution in [1.82, 2.24) is 9.62 Å². The Bertz CT molecular complexity index is 924. The number of nitrogens with zero attached hydrogens (tertiary/aromatic N) is 1. The number of hydrogen-bond donors (Lipinski definition) is 2. The normalized spacial score (nSPS) is 16.3. The number of nitrogens with one attached hydrogen (secondary N) is 1. The van der Waals surface area contributed by atoms with Crippen molar-refractivity contribution in [3.63, 3.8) is 0 Å². The Morgan fingerprint density at radius 1 is 1.03 bits per heavy atom. The number of halogens is 1. The fourth-order valence-corrected chi connectivity index (χ4v) is 4.94. The molecule has 2 aromatic carbocycles. The van der Waals surface area contributed by atoms with Gasteiger partial charge in [0.1, 0.15) is 0 Å². The van der Waals surface area contributed by atoms with Gasteiger partial charge in [-0.05, 0) is 48.2 Å². The van der Waals surface area contributed by atoms with Gasteiger partial charge < -0.3 is 10.4 Å². The average molecular weight is 437 g/mol. The van der Waals surface area contributed by atoms with E-state index < -0.39 is 16.1 Å². The highest BCUT2D eigenvalue weighted by molar-refractivity contribution is 7.89. The van der Waals surface area contributed by atoms with Crippen molar-refractivity contribution in [1.29, 1.82) is 0 Å². The highest BCUT2D eigenvalue weighted by Crippen LogP contribution is 2.21. The van der Waals surface area contributed by atoms with Crippen LogP contribution >= 0.6 is 11.6 Å². The maximum Gasteiger partial charge on any atom is 0.243 e. The Morgan fingerprint density at radius 2 is 1.66 bits per heavy atom. The molecule has 1 unspecified atom stereocenters. The van der Waals surface area contributed by atoms with Crippen LogP contribution in [0.4, 0.5) is 0 Å². The molecule has 0 aromatic heterocycles. The highest BCUT2D eigenvalue weighted by atomic mass is 35.5. The van der Waals surface area contributed by atoms with Crippen LogP contribution in [-0.2, 0) is 21.2 Å². The van der Waals surface area contributed by atoms with Crippen LogP contribution < -0.4 is 5.32 Å². The lowest BCUT2D eigenvalue weighted by molar-refractivity contribution is -0.120. The van der Waals surface area contributed by atoms with Crippen LogP contribution in [0.1, 0.15) is 36.5 Å².